The second-order valence-corrected chi connectivity index (χ2v) is 9.44. The molecule has 0 spiro atoms. The van der Waals surface area contributed by atoms with Gasteiger partial charge in [0, 0.05) is 11.3 Å². The summed E-state index contributed by atoms with van der Waals surface area (Å²) in [7, 11) is 0. The van der Waals surface area contributed by atoms with Gasteiger partial charge >= 0.3 is 0 Å². The normalized spacial score (nSPS) is 14.3. The number of nitrogens with one attached hydrogen (secondary N) is 2. The van der Waals surface area contributed by atoms with Crippen LogP contribution in [0.3, 0.4) is 0 Å². The van der Waals surface area contributed by atoms with Crippen molar-refractivity contribution < 1.29 is 23.7 Å². The molecule has 0 saturated carbocycles. The number of nitrogens with zero attached hydrogens (tertiary/aromatic N) is 1. The Hall–Kier alpha value is -3.04. The van der Waals surface area contributed by atoms with E-state index in [-0.39, 0.29) is 12.3 Å². The summed E-state index contributed by atoms with van der Waals surface area (Å²) in [6.07, 6.45) is 0.337. The SMILES string of the molecule is CC(C)C[C@H](C[N+](=O)[O-])C(=O)N[C@H](C(=O)N[C@H](Cc1ccc(F)cc1)C(N)=O)C(C)(C)C. The molecule has 0 aliphatic rings. The fourth-order valence-electron chi connectivity index (χ4n) is 3.28. The van der Waals surface area contributed by atoms with Crippen LogP contribution in [0.2, 0.25) is 0 Å². The standard InChI is InChI=1S/C22H33FN4O5/c1-13(2)10-15(12-27(31)32)20(29)26-18(22(3,4)5)21(30)25-17(19(24)28)11-14-6-8-16(23)9-7-14/h6-9,13,15,17-18H,10-12H2,1-5H3,(H2,24,28)(H,25,30)(H,26,29)/t15-,17-,18-/m1/s1. The molecule has 0 aliphatic heterocycles. The minimum absolute atomic E-state index is 0.0440. The smallest absolute Gasteiger partial charge is 0.243 e. The number of carbonyl (C=O) groups excluding carboxylic acids is 3. The minimum Gasteiger partial charge on any atom is -0.368 e. The molecule has 0 radical (unpaired) electrons. The topological polar surface area (TPSA) is 144 Å². The predicted molar refractivity (Wildman–Crippen MR) is 117 cm³/mol. The molecule has 0 aromatic heterocycles. The van der Waals surface area contributed by atoms with Gasteiger partial charge in [-0.15, -0.1) is 0 Å². The zero-order valence-electron chi connectivity index (χ0n) is 19.2. The van der Waals surface area contributed by atoms with Gasteiger partial charge in [-0.05, 0) is 35.4 Å². The van der Waals surface area contributed by atoms with Gasteiger partial charge in [-0.3, -0.25) is 24.5 Å². The highest BCUT2D eigenvalue weighted by molar-refractivity contribution is 5.92. The van der Waals surface area contributed by atoms with Gasteiger partial charge in [0.05, 0.1) is 0 Å². The van der Waals surface area contributed by atoms with Crippen LogP contribution in [0.15, 0.2) is 24.3 Å². The van der Waals surface area contributed by atoms with Crippen molar-refractivity contribution in [3.05, 3.63) is 45.8 Å². The average molecular weight is 453 g/mol. The molecule has 0 unspecified atom stereocenters. The van der Waals surface area contributed by atoms with Gasteiger partial charge in [-0.2, -0.15) is 0 Å². The highest BCUT2D eigenvalue weighted by Crippen LogP contribution is 2.21. The van der Waals surface area contributed by atoms with Crippen molar-refractivity contribution >= 4 is 17.7 Å². The fraction of sp³-hybridized carbons (Fsp3) is 0.591. The van der Waals surface area contributed by atoms with Crippen LogP contribution < -0.4 is 16.4 Å². The quantitative estimate of drug-likeness (QED) is 0.346. The van der Waals surface area contributed by atoms with Crippen LogP contribution in [-0.2, 0) is 20.8 Å². The second-order valence-electron chi connectivity index (χ2n) is 9.44. The van der Waals surface area contributed by atoms with Crippen LogP contribution in [0.1, 0.15) is 46.6 Å². The number of amides is 3. The zero-order valence-corrected chi connectivity index (χ0v) is 19.2. The maximum Gasteiger partial charge on any atom is 0.243 e. The summed E-state index contributed by atoms with van der Waals surface area (Å²) in [5, 5.41) is 16.2. The molecular formula is C22H33FN4O5. The molecule has 32 heavy (non-hydrogen) atoms. The average Bonchev–Trinajstić information content (AvgIpc) is 2.64. The van der Waals surface area contributed by atoms with Gasteiger partial charge < -0.3 is 16.4 Å². The lowest BCUT2D eigenvalue weighted by atomic mass is 9.85. The summed E-state index contributed by atoms with van der Waals surface area (Å²) in [5.74, 6) is -3.31. The summed E-state index contributed by atoms with van der Waals surface area (Å²) < 4.78 is 13.1. The van der Waals surface area contributed by atoms with E-state index in [0.717, 1.165) is 0 Å². The second kappa shape index (κ2) is 11.5. The molecule has 1 aromatic carbocycles. The van der Waals surface area contributed by atoms with Gasteiger partial charge in [0.1, 0.15) is 23.8 Å². The van der Waals surface area contributed by atoms with Gasteiger partial charge in [-0.1, -0.05) is 46.8 Å². The summed E-state index contributed by atoms with van der Waals surface area (Å²) >= 11 is 0. The molecule has 10 heteroatoms. The van der Waals surface area contributed by atoms with Gasteiger partial charge in [-0.25, -0.2) is 4.39 Å². The lowest BCUT2D eigenvalue weighted by Gasteiger charge is -2.32. The molecule has 0 bridgehead atoms. The molecule has 178 valence electrons. The van der Waals surface area contributed by atoms with E-state index in [1.165, 1.54) is 24.3 Å². The summed E-state index contributed by atoms with van der Waals surface area (Å²) in [5.41, 5.74) is 5.28. The van der Waals surface area contributed by atoms with E-state index in [0.29, 0.717) is 12.0 Å². The number of halogens is 1. The molecule has 1 rings (SSSR count). The van der Waals surface area contributed by atoms with Crippen molar-refractivity contribution in [1.29, 1.82) is 0 Å². The number of benzene rings is 1. The molecule has 3 amide bonds. The number of nitro groups is 1. The molecular weight excluding hydrogens is 419 g/mol. The van der Waals surface area contributed by atoms with Crippen molar-refractivity contribution in [2.75, 3.05) is 6.54 Å². The lowest BCUT2D eigenvalue weighted by molar-refractivity contribution is -0.486. The fourth-order valence-corrected chi connectivity index (χ4v) is 3.28. The molecule has 0 saturated heterocycles. The van der Waals surface area contributed by atoms with E-state index in [4.69, 9.17) is 5.73 Å². The first-order valence-corrected chi connectivity index (χ1v) is 10.5. The first-order valence-electron chi connectivity index (χ1n) is 10.5. The zero-order chi connectivity index (χ0) is 24.6. The minimum atomic E-state index is -1.08. The number of nitrogens with two attached hydrogens (primary N) is 1. The molecule has 3 atom stereocenters. The van der Waals surface area contributed by atoms with E-state index in [9.17, 15) is 28.9 Å². The van der Waals surface area contributed by atoms with Gasteiger partial charge in [0.15, 0.2) is 0 Å². The maximum absolute atomic E-state index is 13.1. The molecule has 0 aliphatic carbocycles. The van der Waals surface area contributed by atoms with E-state index in [1.54, 1.807) is 20.8 Å². The van der Waals surface area contributed by atoms with Crippen LogP contribution >= 0.6 is 0 Å². The van der Waals surface area contributed by atoms with Crippen LogP contribution in [-0.4, -0.2) is 41.3 Å². The Bertz CT molecular complexity index is 821. The summed E-state index contributed by atoms with van der Waals surface area (Å²) in [6, 6.07) is 3.28. The maximum atomic E-state index is 13.1. The molecule has 0 heterocycles. The Kier molecular flexibility index (Phi) is 9.74. The lowest BCUT2D eigenvalue weighted by Crippen LogP contribution is -2.58. The predicted octanol–water partition coefficient (Wildman–Crippen LogP) is 1.81. The van der Waals surface area contributed by atoms with Crippen LogP contribution in [0, 0.1) is 33.2 Å². The Morgan fingerprint density at radius 1 is 1.09 bits per heavy atom. The Balaban J connectivity index is 3.02. The number of primary amides is 1. The van der Waals surface area contributed by atoms with Crippen molar-refractivity contribution in [2.45, 2.75) is 59.5 Å². The van der Waals surface area contributed by atoms with E-state index in [2.05, 4.69) is 10.6 Å². The molecule has 1 aromatic rings. The van der Waals surface area contributed by atoms with Crippen molar-refractivity contribution in [1.82, 2.24) is 10.6 Å². The number of carbonyl (C=O) groups is 3. The van der Waals surface area contributed by atoms with E-state index in [1.807, 2.05) is 13.8 Å². The van der Waals surface area contributed by atoms with Crippen molar-refractivity contribution in [3.63, 3.8) is 0 Å². The van der Waals surface area contributed by atoms with Crippen molar-refractivity contribution in [2.24, 2.45) is 23.0 Å². The molecule has 4 N–H and O–H groups in total. The first-order chi connectivity index (χ1) is 14.7. The Morgan fingerprint density at radius 3 is 2.09 bits per heavy atom. The largest absolute Gasteiger partial charge is 0.368 e. The van der Waals surface area contributed by atoms with Crippen molar-refractivity contribution in [3.8, 4) is 0 Å². The third-order valence-electron chi connectivity index (χ3n) is 4.92. The Labute approximate surface area is 187 Å². The first kappa shape index (κ1) is 27.0. The third kappa shape index (κ3) is 8.99. The number of hydrogen-bond acceptors (Lipinski definition) is 5. The monoisotopic (exact) mass is 452 g/mol. The van der Waals surface area contributed by atoms with E-state index >= 15 is 0 Å². The van der Waals surface area contributed by atoms with Gasteiger partial charge in [0.2, 0.25) is 24.3 Å². The summed E-state index contributed by atoms with van der Waals surface area (Å²) in [6.45, 7) is 8.32. The number of hydrogen-bond donors (Lipinski definition) is 3. The van der Waals surface area contributed by atoms with E-state index < -0.39 is 58.4 Å². The van der Waals surface area contributed by atoms with Gasteiger partial charge in [0.25, 0.3) is 0 Å². The third-order valence-corrected chi connectivity index (χ3v) is 4.92. The molecule has 9 nitrogen and oxygen atoms in total. The summed E-state index contributed by atoms with van der Waals surface area (Å²) in [4.78, 5) is 48.2. The highest BCUT2D eigenvalue weighted by atomic mass is 19.1. The number of rotatable bonds is 11. The highest BCUT2D eigenvalue weighted by Gasteiger charge is 2.37. The van der Waals surface area contributed by atoms with Crippen LogP contribution in [0.25, 0.3) is 0 Å². The van der Waals surface area contributed by atoms with Crippen LogP contribution in [0.5, 0.6) is 0 Å². The van der Waals surface area contributed by atoms with Crippen LogP contribution in [0.4, 0.5) is 4.39 Å². The molecule has 0 fully saturated rings. The Morgan fingerprint density at radius 2 is 1.66 bits per heavy atom.